The van der Waals surface area contributed by atoms with Crippen molar-refractivity contribution in [2.24, 2.45) is 0 Å². The molecule has 2 heteroatoms. The minimum absolute atomic E-state index is 0.262. The van der Waals surface area contributed by atoms with Gasteiger partial charge in [-0.1, -0.05) is 42.5 Å². The highest BCUT2D eigenvalue weighted by atomic mass is 127. The summed E-state index contributed by atoms with van der Waals surface area (Å²) in [4.78, 5) is 11.4. The molecule has 12 heavy (non-hydrogen) atoms. The minimum atomic E-state index is 0.262. The molecule has 0 aromatic heterocycles. The summed E-state index contributed by atoms with van der Waals surface area (Å²) in [6.45, 7) is 4.33. The summed E-state index contributed by atoms with van der Waals surface area (Å²) in [6.07, 6.45) is 5.89. The number of carbonyl (C=O) groups is 1. The fourth-order valence-corrected chi connectivity index (χ4v) is 1.38. The Balaban J connectivity index is 2.28. The van der Waals surface area contributed by atoms with Gasteiger partial charge in [0.05, 0.1) is 0 Å². The molecule has 1 nitrogen and oxygen atoms in total. The fourth-order valence-electron chi connectivity index (χ4n) is 1.11. The van der Waals surface area contributed by atoms with Crippen molar-refractivity contribution < 1.29 is 4.79 Å². The van der Waals surface area contributed by atoms with Crippen LogP contribution in [0.25, 0.3) is 0 Å². The first-order valence-corrected chi connectivity index (χ1v) is 5.48. The van der Waals surface area contributed by atoms with Crippen molar-refractivity contribution in [3.63, 3.8) is 0 Å². The van der Waals surface area contributed by atoms with Crippen LogP contribution in [0.5, 0.6) is 0 Å². The van der Waals surface area contributed by atoms with Gasteiger partial charge in [0.2, 0.25) is 0 Å². The maximum Gasteiger partial charge on any atom is 0.158 e. The van der Waals surface area contributed by atoms with E-state index in [0.29, 0.717) is 5.78 Å². The largest absolute Gasteiger partial charge is 0.295 e. The fraction of sp³-hybridized carbons (Fsp3) is 0.700. The molecule has 0 fully saturated rings. The van der Waals surface area contributed by atoms with Crippen LogP contribution in [0, 0.1) is 0 Å². The highest BCUT2D eigenvalue weighted by Gasteiger charge is 2.18. The van der Waals surface area contributed by atoms with Crippen LogP contribution in [-0.2, 0) is 4.79 Å². The van der Waals surface area contributed by atoms with Gasteiger partial charge in [0.15, 0.2) is 5.78 Å². The van der Waals surface area contributed by atoms with Gasteiger partial charge >= 0.3 is 0 Å². The molecule has 0 saturated carbocycles. The Bertz CT molecular complexity index is 210. The SMILES string of the molecule is CC(C)(I)CCC(=O)C1=CCC1. The highest BCUT2D eigenvalue weighted by Crippen LogP contribution is 2.26. The van der Waals surface area contributed by atoms with Crippen molar-refractivity contribution in [1.29, 1.82) is 0 Å². The van der Waals surface area contributed by atoms with E-state index in [9.17, 15) is 4.79 Å². The van der Waals surface area contributed by atoms with Crippen LogP contribution in [0.3, 0.4) is 0 Å². The monoisotopic (exact) mass is 278 g/mol. The van der Waals surface area contributed by atoms with Crippen LogP contribution in [0.15, 0.2) is 11.6 Å². The normalized spacial score (nSPS) is 16.8. The number of rotatable bonds is 4. The topological polar surface area (TPSA) is 17.1 Å². The molecular weight excluding hydrogens is 263 g/mol. The Labute approximate surface area is 87.8 Å². The van der Waals surface area contributed by atoms with Gasteiger partial charge in [0, 0.05) is 9.84 Å². The minimum Gasteiger partial charge on any atom is -0.295 e. The predicted molar refractivity (Wildman–Crippen MR) is 59.7 cm³/mol. The van der Waals surface area contributed by atoms with E-state index in [0.717, 1.165) is 31.3 Å². The summed E-state index contributed by atoms with van der Waals surface area (Å²) < 4.78 is 0.262. The highest BCUT2D eigenvalue weighted by molar-refractivity contribution is 14.1. The summed E-state index contributed by atoms with van der Waals surface area (Å²) in [5.74, 6) is 0.367. The summed E-state index contributed by atoms with van der Waals surface area (Å²) >= 11 is 2.39. The van der Waals surface area contributed by atoms with Crippen LogP contribution in [-0.4, -0.2) is 9.20 Å². The number of carbonyl (C=O) groups excluding carboxylic acids is 1. The van der Waals surface area contributed by atoms with Crippen molar-refractivity contribution in [3.8, 4) is 0 Å². The molecule has 1 rings (SSSR count). The molecule has 0 N–H and O–H groups in total. The Kier molecular flexibility index (Phi) is 3.32. The van der Waals surface area contributed by atoms with E-state index < -0.39 is 0 Å². The van der Waals surface area contributed by atoms with Crippen molar-refractivity contribution in [3.05, 3.63) is 11.6 Å². The van der Waals surface area contributed by atoms with E-state index in [1.54, 1.807) is 0 Å². The number of halogens is 1. The van der Waals surface area contributed by atoms with Crippen LogP contribution in [0.4, 0.5) is 0 Å². The van der Waals surface area contributed by atoms with E-state index >= 15 is 0 Å². The number of hydrogen-bond acceptors (Lipinski definition) is 1. The summed E-state index contributed by atoms with van der Waals surface area (Å²) in [5.41, 5.74) is 1.07. The lowest BCUT2D eigenvalue weighted by Gasteiger charge is -2.17. The zero-order chi connectivity index (χ0) is 9.19. The first kappa shape index (κ1) is 10.2. The molecule has 68 valence electrons. The summed E-state index contributed by atoms with van der Waals surface area (Å²) in [7, 11) is 0. The van der Waals surface area contributed by atoms with Crippen LogP contribution in [0.2, 0.25) is 0 Å². The number of ketones is 1. The maximum absolute atomic E-state index is 11.4. The van der Waals surface area contributed by atoms with Gasteiger partial charge < -0.3 is 0 Å². The molecule has 0 radical (unpaired) electrons. The van der Waals surface area contributed by atoms with Crippen molar-refractivity contribution in [2.45, 2.75) is 43.0 Å². The van der Waals surface area contributed by atoms with Gasteiger partial charge in [-0.3, -0.25) is 4.79 Å². The molecule has 0 unspecified atom stereocenters. The zero-order valence-corrected chi connectivity index (χ0v) is 9.85. The number of alkyl halides is 1. The maximum atomic E-state index is 11.4. The van der Waals surface area contributed by atoms with Gasteiger partial charge in [-0.05, 0) is 24.8 Å². The Hall–Kier alpha value is 0.140. The lowest BCUT2D eigenvalue weighted by atomic mass is 9.91. The second kappa shape index (κ2) is 3.90. The van der Waals surface area contributed by atoms with Gasteiger partial charge in [-0.15, -0.1) is 0 Å². The van der Waals surface area contributed by atoms with Gasteiger partial charge in [0.1, 0.15) is 0 Å². The molecule has 1 aliphatic carbocycles. The molecule has 0 heterocycles. The second-order valence-electron chi connectivity index (χ2n) is 3.91. The average Bonchev–Trinajstić information content (AvgIpc) is 1.78. The van der Waals surface area contributed by atoms with Crippen molar-refractivity contribution >= 4 is 28.4 Å². The van der Waals surface area contributed by atoms with E-state index in [1.807, 2.05) is 0 Å². The van der Waals surface area contributed by atoms with E-state index in [-0.39, 0.29) is 3.42 Å². The van der Waals surface area contributed by atoms with Gasteiger partial charge in [-0.25, -0.2) is 0 Å². The van der Waals surface area contributed by atoms with Crippen LogP contribution in [0.1, 0.15) is 39.5 Å². The number of Topliss-reactive ketones (excluding diaryl/α,β-unsaturated/α-hetero) is 1. The first-order chi connectivity index (χ1) is 5.49. The molecule has 0 aliphatic heterocycles. The lowest BCUT2D eigenvalue weighted by Crippen LogP contribution is -2.14. The summed E-state index contributed by atoms with van der Waals surface area (Å²) in [6, 6.07) is 0. The second-order valence-corrected chi connectivity index (χ2v) is 6.83. The smallest absolute Gasteiger partial charge is 0.158 e. The third-order valence-electron chi connectivity index (χ3n) is 2.11. The standard InChI is InChI=1S/C10H15IO/c1-10(2,11)7-6-9(12)8-4-3-5-8/h4H,3,5-7H2,1-2H3. The molecule has 0 amide bonds. The third kappa shape index (κ3) is 3.25. The van der Waals surface area contributed by atoms with E-state index in [2.05, 4.69) is 42.5 Å². The Morgan fingerprint density at radius 1 is 1.67 bits per heavy atom. The van der Waals surface area contributed by atoms with Crippen molar-refractivity contribution in [1.82, 2.24) is 0 Å². The molecule has 0 aromatic rings. The molecular formula is C10H15IO. The molecule has 0 saturated heterocycles. The van der Waals surface area contributed by atoms with Crippen LogP contribution >= 0.6 is 22.6 Å². The van der Waals surface area contributed by atoms with Gasteiger partial charge in [-0.2, -0.15) is 0 Å². The zero-order valence-electron chi connectivity index (χ0n) is 7.69. The Morgan fingerprint density at radius 3 is 2.58 bits per heavy atom. The molecule has 0 aromatic carbocycles. The predicted octanol–water partition coefficient (Wildman–Crippen LogP) is 3.27. The average molecular weight is 278 g/mol. The third-order valence-corrected chi connectivity index (χ3v) is 2.65. The van der Waals surface area contributed by atoms with Gasteiger partial charge in [0.25, 0.3) is 0 Å². The molecule has 0 spiro atoms. The number of hydrogen-bond donors (Lipinski definition) is 0. The van der Waals surface area contributed by atoms with Crippen molar-refractivity contribution in [2.75, 3.05) is 0 Å². The summed E-state index contributed by atoms with van der Waals surface area (Å²) in [5, 5.41) is 0. The molecule has 0 atom stereocenters. The Morgan fingerprint density at radius 2 is 2.25 bits per heavy atom. The molecule has 0 bridgehead atoms. The lowest BCUT2D eigenvalue weighted by molar-refractivity contribution is -0.116. The number of allylic oxidation sites excluding steroid dienone is 2. The van der Waals surface area contributed by atoms with Crippen LogP contribution < -0.4 is 0 Å². The molecule has 1 aliphatic rings. The van der Waals surface area contributed by atoms with E-state index in [4.69, 9.17) is 0 Å². The first-order valence-electron chi connectivity index (χ1n) is 4.40. The van der Waals surface area contributed by atoms with E-state index in [1.165, 1.54) is 0 Å². The quantitative estimate of drug-likeness (QED) is 0.569.